The van der Waals surface area contributed by atoms with Crippen molar-refractivity contribution >= 4 is 39.7 Å². The third kappa shape index (κ3) is 6.12. The summed E-state index contributed by atoms with van der Waals surface area (Å²) in [5.41, 5.74) is 4.31. The summed E-state index contributed by atoms with van der Waals surface area (Å²) in [5.74, 6) is 0. The highest BCUT2D eigenvalue weighted by molar-refractivity contribution is 14.1. The number of hydrogen-bond acceptors (Lipinski definition) is 8. The van der Waals surface area contributed by atoms with Gasteiger partial charge in [-0.15, -0.1) is 5.10 Å². The van der Waals surface area contributed by atoms with Gasteiger partial charge in [0.2, 0.25) is 0 Å². The van der Waals surface area contributed by atoms with Crippen LogP contribution in [0.25, 0.3) is 33.5 Å². The Morgan fingerprint density at radius 3 is 2.82 bits per heavy atom. The fraction of sp³-hybridized carbons (Fsp3) is 0.462. The molecule has 0 radical (unpaired) electrons. The van der Waals surface area contributed by atoms with Gasteiger partial charge in [0.15, 0.2) is 0 Å². The van der Waals surface area contributed by atoms with Crippen LogP contribution in [0.5, 0.6) is 0 Å². The van der Waals surface area contributed by atoms with Crippen molar-refractivity contribution in [3.8, 4) is 22.5 Å². The number of amides is 1. The van der Waals surface area contributed by atoms with Crippen LogP contribution in [0.1, 0.15) is 46.3 Å². The van der Waals surface area contributed by atoms with Gasteiger partial charge in [-0.25, -0.2) is 14.5 Å². The third-order valence-corrected chi connectivity index (χ3v) is 6.95. The quantitative estimate of drug-likeness (QED) is 0.276. The Labute approximate surface area is 234 Å². The van der Waals surface area contributed by atoms with Gasteiger partial charge in [0.05, 0.1) is 35.0 Å². The minimum absolute atomic E-state index is 0.0220. The van der Waals surface area contributed by atoms with E-state index in [4.69, 9.17) is 14.5 Å². The molecular formula is C26H31IN8O3. The molecule has 11 nitrogen and oxygen atoms in total. The SMILES string of the molecule is CN(CCn1cc(-c2cnc3ccc(-c4cn(C5CCCCO5)nc4I)nc3c2)nn1)C(=O)OC(C)(C)C. The van der Waals surface area contributed by atoms with Crippen molar-refractivity contribution in [3.63, 3.8) is 0 Å². The van der Waals surface area contributed by atoms with E-state index in [2.05, 4.69) is 43.0 Å². The monoisotopic (exact) mass is 630 g/mol. The molecule has 1 atom stereocenters. The van der Waals surface area contributed by atoms with E-state index in [1.54, 1.807) is 17.9 Å². The van der Waals surface area contributed by atoms with Crippen LogP contribution in [0.2, 0.25) is 0 Å². The van der Waals surface area contributed by atoms with Crippen LogP contribution < -0.4 is 0 Å². The number of fused-ring (bicyclic) bond motifs is 1. The van der Waals surface area contributed by atoms with Gasteiger partial charge in [-0.05, 0) is 80.8 Å². The fourth-order valence-corrected chi connectivity index (χ4v) is 4.81. The highest BCUT2D eigenvalue weighted by Gasteiger charge is 2.21. The predicted molar refractivity (Wildman–Crippen MR) is 150 cm³/mol. The summed E-state index contributed by atoms with van der Waals surface area (Å²) in [5, 5.41) is 13.2. The highest BCUT2D eigenvalue weighted by Crippen LogP contribution is 2.29. The predicted octanol–water partition coefficient (Wildman–Crippen LogP) is 4.92. The number of carbonyl (C=O) groups is 1. The maximum Gasteiger partial charge on any atom is 0.410 e. The lowest BCUT2D eigenvalue weighted by Gasteiger charge is -2.24. The Morgan fingerprint density at radius 2 is 2.05 bits per heavy atom. The number of likely N-dealkylation sites (N-methyl/N-ethyl adjacent to an activating group) is 1. The first kappa shape index (κ1) is 26.5. The first-order valence-corrected chi connectivity index (χ1v) is 13.7. The maximum atomic E-state index is 12.2. The van der Waals surface area contributed by atoms with Crippen LogP contribution in [-0.4, -0.2) is 71.5 Å². The van der Waals surface area contributed by atoms with E-state index >= 15 is 0 Å². The second-order valence-electron chi connectivity index (χ2n) is 10.4. The van der Waals surface area contributed by atoms with Crippen molar-refractivity contribution in [1.82, 2.24) is 39.6 Å². The molecule has 12 heteroatoms. The van der Waals surface area contributed by atoms with Crippen molar-refractivity contribution in [2.75, 3.05) is 20.2 Å². The molecule has 1 aliphatic rings. The summed E-state index contributed by atoms with van der Waals surface area (Å²) in [7, 11) is 1.70. The van der Waals surface area contributed by atoms with Crippen molar-refractivity contribution in [1.29, 1.82) is 0 Å². The molecule has 4 aromatic heterocycles. The van der Waals surface area contributed by atoms with Crippen molar-refractivity contribution in [3.05, 3.63) is 40.5 Å². The van der Waals surface area contributed by atoms with Crippen LogP contribution in [0.15, 0.2) is 36.8 Å². The number of ether oxygens (including phenoxy) is 2. The van der Waals surface area contributed by atoms with Crippen LogP contribution in [0.4, 0.5) is 4.79 Å². The molecule has 0 saturated carbocycles. The summed E-state index contributed by atoms with van der Waals surface area (Å²) in [6, 6.07) is 5.90. The number of pyridine rings is 2. The number of hydrogen-bond donors (Lipinski definition) is 0. The number of halogens is 1. The third-order valence-electron chi connectivity index (χ3n) is 6.15. The van der Waals surface area contributed by atoms with E-state index in [1.165, 1.54) is 4.90 Å². The van der Waals surface area contributed by atoms with Gasteiger partial charge < -0.3 is 14.4 Å². The van der Waals surface area contributed by atoms with Gasteiger partial charge in [-0.3, -0.25) is 9.67 Å². The molecule has 0 spiro atoms. The zero-order valence-electron chi connectivity index (χ0n) is 22.0. The molecule has 200 valence electrons. The molecule has 0 N–H and O–H groups in total. The minimum Gasteiger partial charge on any atom is -0.444 e. The molecule has 5 rings (SSSR count). The largest absolute Gasteiger partial charge is 0.444 e. The number of nitrogens with zero attached hydrogens (tertiary/aromatic N) is 8. The number of rotatable bonds is 6. The Balaban J connectivity index is 1.31. The van der Waals surface area contributed by atoms with Crippen molar-refractivity contribution in [2.24, 2.45) is 0 Å². The van der Waals surface area contributed by atoms with E-state index in [1.807, 2.05) is 56.0 Å². The molecule has 1 unspecified atom stereocenters. The molecular weight excluding hydrogens is 599 g/mol. The molecule has 1 fully saturated rings. The number of carbonyl (C=O) groups excluding carboxylic acids is 1. The van der Waals surface area contributed by atoms with Gasteiger partial charge in [0.1, 0.15) is 21.2 Å². The second-order valence-corrected chi connectivity index (χ2v) is 11.4. The van der Waals surface area contributed by atoms with E-state index in [-0.39, 0.29) is 12.3 Å². The van der Waals surface area contributed by atoms with Crippen molar-refractivity contribution in [2.45, 2.75) is 58.4 Å². The standard InChI is InChI=1S/C26H31IN8O3/c1-26(2,3)38-25(36)33(4)10-11-34-16-22(30-32-34)17-13-21-20(28-14-17)9-8-19(29-21)18-15-35(31-24(18)27)23-7-5-6-12-37-23/h8-9,13-16,23H,5-7,10-12H2,1-4H3. The molecule has 38 heavy (non-hydrogen) atoms. The first-order valence-electron chi connectivity index (χ1n) is 12.6. The van der Waals surface area contributed by atoms with Gasteiger partial charge in [0.25, 0.3) is 0 Å². The van der Waals surface area contributed by atoms with Gasteiger partial charge >= 0.3 is 6.09 Å². The molecule has 0 aromatic carbocycles. The molecule has 4 aromatic rings. The average Bonchev–Trinajstić information content (AvgIpc) is 3.53. The van der Waals surface area contributed by atoms with Gasteiger partial charge in [0, 0.05) is 38.2 Å². The summed E-state index contributed by atoms with van der Waals surface area (Å²) < 4.78 is 15.8. The van der Waals surface area contributed by atoms with E-state index in [9.17, 15) is 4.79 Å². The van der Waals surface area contributed by atoms with Crippen LogP contribution >= 0.6 is 22.6 Å². The molecule has 0 bridgehead atoms. The molecule has 0 aliphatic carbocycles. The summed E-state index contributed by atoms with van der Waals surface area (Å²) >= 11 is 2.25. The Bertz CT molecular complexity index is 1440. The normalized spacial score (nSPS) is 16.1. The Kier molecular flexibility index (Phi) is 7.61. The zero-order chi connectivity index (χ0) is 26.9. The smallest absolute Gasteiger partial charge is 0.410 e. The Morgan fingerprint density at radius 1 is 1.21 bits per heavy atom. The molecule has 1 saturated heterocycles. The minimum atomic E-state index is -0.536. The lowest BCUT2D eigenvalue weighted by atomic mass is 10.1. The van der Waals surface area contributed by atoms with Crippen LogP contribution in [0.3, 0.4) is 0 Å². The zero-order valence-corrected chi connectivity index (χ0v) is 24.1. The van der Waals surface area contributed by atoms with E-state index in [0.29, 0.717) is 18.8 Å². The topological polar surface area (TPSA) is 113 Å². The van der Waals surface area contributed by atoms with E-state index in [0.717, 1.165) is 57.4 Å². The number of aromatic nitrogens is 7. The first-order chi connectivity index (χ1) is 18.2. The molecule has 1 aliphatic heterocycles. The Hall–Kier alpha value is -3.13. The molecule has 1 amide bonds. The highest BCUT2D eigenvalue weighted by atomic mass is 127. The summed E-state index contributed by atoms with van der Waals surface area (Å²) in [6.07, 6.45) is 8.44. The van der Waals surface area contributed by atoms with Gasteiger partial charge in [-0.1, -0.05) is 5.21 Å². The summed E-state index contributed by atoms with van der Waals surface area (Å²) in [6.45, 7) is 7.23. The average molecular weight is 630 g/mol. The van der Waals surface area contributed by atoms with Gasteiger partial charge in [-0.2, -0.15) is 5.10 Å². The fourth-order valence-electron chi connectivity index (χ4n) is 4.14. The lowest BCUT2D eigenvalue weighted by molar-refractivity contribution is -0.0396. The van der Waals surface area contributed by atoms with Crippen LogP contribution in [-0.2, 0) is 16.0 Å². The van der Waals surface area contributed by atoms with Crippen molar-refractivity contribution < 1.29 is 14.3 Å². The maximum absolute atomic E-state index is 12.2. The second kappa shape index (κ2) is 10.9. The summed E-state index contributed by atoms with van der Waals surface area (Å²) in [4.78, 5) is 23.2. The van der Waals surface area contributed by atoms with Crippen LogP contribution in [0, 0.1) is 3.70 Å². The van der Waals surface area contributed by atoms with E-state index < -0.39 is 5.60 Å². The molecule has 5 heterocycles. The lowest BCUT2D eigenvalue weighted by Crippen LogP contribution is -2.36.